The maximum Gasteiger partial charge on any atom is 0.119 e. The minimum atomic E-state index is 0.637. The highest BCUT2D eigenvalue weighted by Crippen LogP contribution is 2.23. The summed E-state index contributed by atoms with van der Waals surface area (Å²) in [6.45, 7) is 11.7. The second-order valence-electron chi connectivity index (χ2n) is 7.43. The van der Waals surface area contributed by atoms with E-state index in [1.807, 2.05) is 12.1 Å². The van der Waals surface area contributed by atoms with Crippen molar-refractivity contribution in [2.45, 2.75) is 20.1 Å². The maximum atomic E-state index is 5.87. The first-order valence-electron chi connectivity index (χ1n) is 9.06. The third kappa shape index (κ3) is 3.47. The van der Waals surface area contributed by atoms with Crippen LogP contribution in [0.5, 0.6) is 5.75 Å². The lowest BCUT2D eigenvalue weighted by atomic mass is 10.1. The van der Waals surface area contributed by atoms with Crippen LogP contribution in [0.1, 0.15) is 16.7 Å². The summed E-state index contributed by atoms with van der Waals surface area (Å²) in [4.78, 5) is 2.60. The van der Waals surface area contributed by atoms with E-state index in [0.717, 1.165) is 5.75 Å². The third-order valence-corrected chi connectivity index (χ3v) is 5.64. The van der Waals surface area contributed by atoms with Crippen molar-refractivity contribution < 1.29 is 9.22 Å². The van der Waals surface area contributed by atoms with E-state index in [-0.39, 0.29) is 0 Å². The molecule has 0 radical (unpaired) electrons. The normalized spacial score (nSPS) is 25.6. The molecule has 0 N–H and O–H groups in total. The van der Waals surface area contributed by atoms with Crippen molar-refractivity contribution in [3.63, 3.8) is 0 Å². The predicted octanol–water partition coefficient (Wildman–Crippen LogP) is 3.22. The van der Waals surface area contributed by atoms with Crippen LogP contribution in [0.3, 0.4) is 0 Å². The average molecular weight is 323 g/mol. The molecule has 3 heterocycles. The summed E-state index contributed by atoms with van der Waals surface area (Å²) in [5.41, 5.74) is 3.96. The summed E-state index contributed by atoms with van der Waals surface area (Å²) in [6.07, 6.45) is 0. The molecule has 3 fully saturated rings. The van der Waals surface area contributed by atoms with Gasteiger partial charge in [0.1, 0.15) is 18.9 Å². The molecule has 0 saturated carbocycles. The first kappa shape index (κ1) is 15.7. The largest absolute Gasteiger partial charge is 0.489 e. The molecule has 5 rings (SSSR count). The van der Waals surface area contributed by atoms with Crippen molar-refractivity contribution >= 4 is 0 Å². The monoisotopic (exact) mass is 323 g/mol. The molecule has 3 nitrogen and oxygen atoms in total. The standard InChI is InChI=1S/C21H27N2O/c1-18-2-8-21(9-3-18)24-17-20-6-4-19(5-7-20)16-23-13-10-22(11-14-23)12-15-23/h2-9H,10-17H2,1H3/q+1. The van der Waals surface area contributed by atoms with Gasteiger partial charge in [0.05, 0.1) is 19.6 Å². The SMILES string of the molecule is Cc1ccc(OCc2ccc(C[N+]34CCN(CC3)CC4)cc2)cc1. The number of benzene rings is 2. The van der Waals surface area contributed by atoms with E-state index in [2.05, 4.69) is 48.2 Å². The van der Waals surface area contributed by atoms with Gasteiger partial charge in [-0.05, 0) is 24.6 Å². The van der Waals surface area contributed by atoms with Crippen molar-refractivity contribution in [3.8, 4) is 5.75 Å². The molecule has 3 aliphatic rings. The van der Waals surface area contributed by atoms with Crippen LogP contribution in [-0.2, 0) is 13.2 Å². The smallest absolute Gasteiger partial charge is 0.119 e. The lowest BCUT2D eigenvalue weighted by molar-refractivity contribution is -0.953. The maximum absolute atomic E-state index is 5.87. The van der Waals surface area contributed by atoms with Crippen LogP contribution in [0.25, 0.3) is 0 Å². The van der Waals surface area contributed by atoms with E-state index in [1.165, 1.54) is 67.0 Å². The molecule has 3 aliphatic heterocycles. The Morgan fingerprint density at radius 3 is 2.04 bits per heavy atom. The number of piperazine rings is 3. The lowest BCUT2D eigenvalue weighted by Crippen LogP contribution is -2.66. The van der Waals surface area contributed by atoms with Gasteiger partial charge in [-0.1, -0.05) is 42.0 Å². The molecular formula is C21H27N2O+. The summed E-state index contributed by atoms with van der Waals surface area (Å²) < 4.78 is 7.16. The second-order valence-corrected chi connectivity index (χ2v) is 7.43. The zero-order valence-electron chi connectivity index (χ0n) is 14.6. The van der Waals surface area contributed by atoms with Gasteiger partial charge < -0.3 is 9.22 Å². The Balaban J connectivity index is 1.35. The van der Waals surface area contributed by atoms with Crippen LogP contribution >= 0.6 is 0 Å². The Bertz CT molecular complexity index is 656. The molecular weight excluding hydrogens is 296 g/mol. The number of rotatable bonds is 5. The van der Waals surface area contributed by atoms with Crippen LogP contribution in [0.2, 0.25) is 0 Å². The molecule has 0 spiro atoms. The van der Waals surface area contributed by atoms with Gasteiger partial charge in [-0.2, -0.15) is 0 Å². The fourth-order valence-electron chi connectivity index (χ4n) is 3.90. The van der Waals surface area contributed by atoms with Gasteiger partial charge in [0.2, 0.25) is 0 Å². The van der Waals surface area contributed by atoms with Gasteiger partial charge in [-0.25, -0.2) is 0 Å². The summed E-state index contributed by atoms with van der Waals surface area (Å²) >= 11 is 0. The first-order chi connectivity index (χ1) is 11.7. The number of hydrogen-bond donors (Lipinski definition) is 0. The van der Waals surface area contributed by atoms with Crippen molar-refractivity contribution in [1.29, 1.82) is 0 Å². The highest BCUT2D eigenvalue weighted by Gasteiger charge is 2.38. The Morgan fingerprint density at radius 2 is 1.42 bits per heavy atom. The van der Waals surface area contributed by atoms with Crippen LogP contribution in [0, 0.1) is 6.92 Å². The Morgan fingerprint density at radius 1 is 0.833 bits per heavy atom. The van der Waals surface area contributed by atoms with E-state index in [0.29, 0.717) is 6.61 Å². The number of hydrogen-bond acceptors (Lipinski definition) is 2. The van der Waals surface area contributed by atoms with Gasteiger partial charge >= 0.3 is 0 Å². The average Bonchev–Trinajstić information content (AvgIpc) is 2.64. The van der Waals surface area contributed by atoms with Gasteiger partial charge in [0, 0.05) is 25.2 Å². The molecule has 0 amide bonds. The quantitative estimate of drug-likeness (QED) is 0.784. The van der Waals surface area contributed by atoms with Crippen molar-refractivity contribution in [2.75, 3.05) is 39.3 Å². The molecule has 0 unspecified atom stereocenters. The van der Waals surface area contributed by atoms with E-state index >= 15 is 0 Å². The van der Waals surface area contributed by atoms with Gasteiger partial charge in [-0.3, -0.25) is 4.90 Å². The van der Waals surface area contributed by atoms with E-state index in [4.69, 9.17) is 4.74 Å². The van der Waals surface area contributed by atoms with Crippen LogP contribution in [0.15, 0.2) is 48.5 Å². The molecule has 2 aromatic rings. The van der Waals surface area contributed by atoms with E-state index in [9.17, 15) is 0 Å². The molecule has 2 bridgehead atoms. The lowest BCUT2D eigenvalue weighted by Gasteiger charge is -2.50. The third-order valence-electron chi connectivity index (χ3n) is 5.64. The fourth-order valence-corrected chi connectivity index (χ4v) is 3.90. The minimum absolute atomic E-state index is 0.637. The minimum Gasteiger partial charge on any atom is -0.489 e. The molecule has 24 heavy (non-hydrogen) atoms. The van der Waals surface area contributed by atoms with E-state index < -0.39 is 0 Å². The zero-order valence-corrected chi connectivity index (χ0v) is 14.6. The van der Waals surface area contributed by atoms with Gasteiger partial charge in [-0.15, -0.1) is 0 Å². The summed E-state index contributed by atoms with van der Waals surface area (Å²) in [7, 11) is 0. The van der Waals surface area contributed by atoms with Gasteiger partial charge in [0.15, 0.2) is 0 Å². The Hall–Kier alpha value is -1.84. The molecule has 2 aromatic carbocycles. The molecule has 126 valence electrons. The molecule has 0 aliphatic carbocycles. The van der Waals surface area contributed by atoms with Crippen molar-refractivity contribution in [1.82, 2.24) is 4.90 Å². The second kappa shape index (κ2) is 6.58. The summed E-state index contributed by atoms with van der Waals surface area (Å²) in [5, 5.41) is 0. The highest BCUT2D eigenvalue weighted by atomic mass is 16.5. The number of aryl methyl sites for hydroxylation is 1. The molecule has 0 atom stereocenters. The molecule has 3 saturated heterocycles. The number of nitrogens with zero attached hydrogens (tertiary/aromatic N) is 2. The highest BCUT2D eigenvalue weighted by molar-refractivity contribution is 5.27. The summed E-state index contributed by atoms with van der Waals surface area (Å²) in [6, 6.07) is 17.3. The van der Waals surface area contributed by atoms with E-state index in [1.54, 1.807) is 0 Å². The summed E-state index contributed by atoms with van der Waals surface area (Å²) in [5.74, 6) is 0.939. The van der Waals surface area contributed by atoms with Gasteiger partial charge in [0.25, 0.3) is 0 Å². The number of quaternary nitrogens is 1. The predicted molar refractivity (Wildman–Crippen MR) is 97.0 cm³/mol. The zero-order chi connectivity index (χ0) is 16.4. The fraction of sp³-hybridized carbons (Fsp3) is 0.429. The van der Waals surface area contributed by atoms with Crippen LogP contribution in [0.4, 0.5) is 0 Å². The van der Waals surface area contributed by atoms with Crippen molar-refractivity contribution in [3.05, 3.63) is 65.2 Å². The Labute approximate surface area is 145 Å². The van der Waals surface area contributed by atoms with Crippen LogP contribution in [-0.4, -0.2) is 48.7 Å². The first-order valence-corrected chi connectivity index (χ1v) is 9.06. The molecule has 3 heteroatoms. The number of fused-ring (bicyclic) bond motifs is 3. The van der Waals surface area contributed by atoms with Crippen LogP contribution < -0.4 is 4.74 Å². The topological polar surface area (TPSA) is 12.5 Å². The molecule has 0 aromatic heterocycles. The van der Waals surface area contributed by atoms with Crippen molar-refractivity contribution in [2.24, 2.45) is 0 Å². The number of ether oxygens (including phenoxy) is 1. The Kier molecular flexibility index (Phi) is 4.30.